The van der Waals surface area contributed by atoms with Crippen molar-refractivity contribution in [1.82, 2.24) is 15.2 Å². The predicted octanol–water partition coefficient (Wildman–Crippen LogP) is 1.28. The second-order valence-corrected chi connectivity index (χ2v) is 4.87. The first-order valence-corrected chi connectivity index (χ1v) is 5.67. The summed E-state index contributed by atoms with van der Waals surface area (Å²) in [6, 6.07) is 0. The van der Waals surface area contributed by atoms with Crippen LogP contribution in [-0.2, 0) is 6.54 Å². The molecule has 0 bridgehead atoms. The zero-order valence-electron chi connectivity index (χ0n) is 9.32. The van der Waals surface area contributed by atoms with Gasteiger partial charge in [-0.3, -0.25) is 4.90 Å². The van der Waals surface area contributed by atoms with Gasteiger partial charge in [0.15, 0.2) is 6.39 Å². The molecule has 1 aromatic heterocycles. The highest BCUT2D eigenvalue weighted by Crippen LogP contribution is 2.36. The molecule has 2 aliphatic rings. The molecule has 2 aliphatic heterocycles. The minimum atomic E-state index is 0. The Labute approximate surface area is 102 Å². The zero-order valence-corrected chi connectivity index (χ0v) is 10.1. The molecule has 3 rings (SSSR count). The van der Waals surface area contributed by atoms with Crippen LogP contribution in [0.15, 0.2) is 17.1 Å². The van der Waals surface area contributed by atoms with Gasteiger partial charge in [-0.1, -0.05) is 0 Å². The smallest absolute Gasteiger partial charge is 0.180 e. The monoisotopic (exact) mass is 243 g/mol. The molecule has 0 amide bonds. The maximum absolute atomic E-state index is 4.99. The van der Waals surface area contributed by atoms with Gasteiger partial charge in [0.05, 0.1) is 5.69 Å². The van der Waals surface area contributed by atoms with E-state index in [9.17, 15) is 0 Å². The molecular formula is C11H18ClN3O. The van der Waals surface area contributed by atoms with Gasteiger partial charge in [-0.15, -0.1) is 12.4 Å². The first-order valence-electron chi connectivity index (χ1n) is 5.67. The van der Waals surface area contributed by atoms with Crippen molar-refractivity contribution in [2.45, 2.75) is 19.4 Å². The van der Waals surface area contributed by atoms with Gasteiger partial charge in [0.1, 0.15) is 6.26 Å². The molecule has 1 N–H and O–H groups in total. The summed E-state index contributed by atoms with van der Waals surface area (Å²) in [7, 11) is 0. The zero-order chi connectivity index (χ0) is 10.1. The molecule has 90 valence electrons. The van der Waals surface area contributed by atoms with Gasteiger partial charge in [0, 0.05) is 19.6 Å². The van der Waals surface area contributed by atoms with E-state index < -0.39 is 0 Å². The summed E-state index contributed by atoms with van der Waals surface area (Å²) in [6.45, 7) is 5.75. The maximum Gasteiger partial charge on any atom is 0.180 e. The van der Waals surface area contributed by atoms with Crippen molar-refractivity contribution in [3.8, 4) is 0 Å². The highest BCUT2D eigenvalue weighted by Gasteiger charge is 2.40. The van der Waals surface area contributed by atoms with Crippen LogP contribution in [-0.4, -0.2) is 36.1 Å². The first-order chi connectivity index (χ1) is 7.36. The van der Waals surface area contributed by atoms with Crippen molar-refractivity contribution in [2.24, 2.45) is 5.41 Å². The van der Waals surface area contributed by atoms with E-state index >= 15 is 0 Å². The van der Waals surface area contributed by atoms with Crippen molar-refractivity contribution in [3.05, 3.63) is 18.4 Å². The van der Waals surface area contributed by atoms with E-state index in [0.29, 0.717) is 5.41 Å². The van der Waals surface area contributed by atoms with Gasteiger partial charge < -0.3 is 9.73 Å². The Kier molecular flexibility index (Phi) is 3.52. The van der Waals surface area contributed by atoms with Gasteiger partial charge in [0.2, 0.25) is 0 Å². The Balaban J connectivity index is 0.000000963. The number of hydrogen-bond donors (Lipinski definition) is 1. The lowest BCUT2D eigenvalue weighted by atomic mass is 9.87. The lowest BCUT2D eigenvalue weighted by Crippen LogP contribution is -2.28. The van der Waals surface area contributed by atoms with E-state index in [-0.39, 0.29) is 12.4 Å². The standard InChI is InChI=1S/C11H17N3O.ClH/c1-3-12-7-11(1)2-4-14(8-11)5-10-6-15-9-13-10;/h6,9,12H,1-5,7-8H2;1H. The molecule has 2 saturated heterocycles. The molecule has 0 saturated carbocycles. The molecule has 0 aromatic carbocycles. The van der Waals surface area contributed by atoms with Crippen LogP contribution in [0.3, 0.4) is 0 Å². The fourth-order valence-electron chi connectivity index (χ4n) is 2.85. The quantitative estimate of drug-likeness (QED) is 0.850. The van der Waals surface area contributed by atoms with Crippen LogP contribution >= 0.6 is 12.4 Å². The Hall–Kier alpha value is -0.580. The number of hydrogen-bond acceptors (Lipinski definition) is 4. The van der Waals surface area contributed by atoms with E-state index in [1.54, 1.807) is 6.26 Å². The minimum Gasteiger partial charge on any atom is -0.451 e. The van der Waals surface area contributed by atoms with Crippen LogP contribution in [0, 0.1) is 5.41 Å². The number of oxazole rings is 1. The number of rotatable bonds is 2. The number of nitrogens with zero attached hydrogens (tertiary/aromatic N) is 2. The van der Waals surface area contributed by atoms with Gasteiger partial charge in [-0.25, -0.2) is 4.98 Å². The fourth-order valence-corrected chi connectivity index (χ4v) is 2.85. The summed E-state index contributed by atoms with van der Waals surface area (Å²) in [4.78, 5) is 6.66. The number of nitrogens with one attached hydrogen (secondary N) is 1. The molecule has 0 radical (unpaired) electrons. The Morgan fingerprint density at radius 3 is 3.12 bits per heavy atom. The Morgan fingerprint density at radius 1 is 1.50 bits per heavy atom. The highest BCUT2D eigenvalue weighted by atomic mass is 35.5. The summed E-state index contributed by atoms with van der Waals surface area (Å²) < 4.78 is 4.99. The van der Waals surface area contributed by atoms with E-state index in [0.717, 1.165) is 12.2 Å². The molecule has 1 atom stereocenters. The minimum absolute atomic E-state index is 0. The predicted molar refractivity (Wildman–Crippen MR) is 63.6 cm³/mol. The van der Waals surface area contributed by atoms with Crippen molar-refractivity contribution < 1.29 is 4.42 Å². The number of halogens is 1. The van der Waals surface area contributed by atoms with Crippen LogP contribution in [0.2, 0.25) is 0 Å². The van der Waals surface area contributed by atoms with E-state index in [2.05, 4.69) is 15.2 Å². The van der Waals surface area contributed by atoms with Crippen LogP contribution in [0.4, 0.5) is 0 Å². The highest BCUT2D eigenvalue weighted by molar-refractivity contribution is 5.85. The van der Waals surface area contributed by atoms with Crippen LogP contribution < -0.4 is 5.32 Å². The second kappa shape index (κ2) is 4.73. The van der Waals surface area contributed by atoms with Gasteiger partial charge in [-0.05, 0) is 31.3 Å². The lowest BCUT2D eigenvalue weighted by molar-refractivity contribution is 0.266. The molecular weight excluding hydrogens is 226 g/mol. The van der Waals surface area contributed by atoms with E-state index in [4.69, 9.17) is 4.42 Å². The van der Waals surface area contributed by atoms with Gasteiger partial charge in [-0.2, -0.15) is 0 Å². The summed E-state index contributed by atoms with van der Waals surface area (Å²) in [6.07, 6.45) is 5.93. The first kappa shape index (κ1) is 11.9. The third kappa shape index (κ3) is 2.24. The third-order valence-electron chi connectivity index (χ3n) is 3.72. The summed E-state index contributed by atoms with van der Waals surface area (Å²) in [5, 5.41) is 3.47. The number of aromatic nitrogens is 1. The summed E-state index contributed by atoms with van der Waals surface area (Å²) in [5.74, 6) is 0. The largest absolute Gasteiger partial charge is 0.451 e. The average Bonchev–Trinajstić information content (AvgIpc) is 2.92. The third-order valence-corrected chi connectivity index (χ3v) is 3.72. The lowest BCUT2D eigenvalue weighted by Gasteiger charge is -2.22. The van der Waals surface area contributed by atoms with Crippen LogP contribution in [0.1, 0.15) is 18.5 Å². The number of likely N-dealkylation sites (tertiary alicyclic amines) is 1. The molecule has 3 heterocycles. The van der Waals surface area contributed by atoms with Gasteiger partial charge >= 0.3 is 0 Å². The SMILES string of the molecule is Cl.c1nc(CN2CCC3(CCNC3)C2)co1. The second-order valence-electron chi connectivity index (χ2n) is 4.87. The van der Waals surface area contributed by atoms with Crippen LogP contribution in [0.5, 0.6) is 0 Å². The molecule has 16 heavy (non-hydrogen) atoms. The summed E-state index contributed by atoms with van der Waals surface area (Å²) in [5.41, 5.74) is 1.61. The Morgan fingerprint density at radius 2 is 2.44 bits per heavy atom. The molecule has 1 unspecified atom stereocenters. The average molecular weight is 244 g/mol. The molecule has 1 aromatic rings. The van der Waals surface area contributed by atoms with Crippen LogP contribution in [0.25, 0.3) is 0 Å². The fraction of sp³-hybridized carbons (Fsp3) is 0.727. The van der Waals surface area contributed by atoms with Crippen molar-refractivity contribution in [2.75, 3.05) is 26.2 Å². The molecule has 2 fully saturated rings. The maximum atomic E-state index is 4.99. The molecule has 4 nitrogen and oxygen atoms in total. The molecule has 5 heteroatoms. The van der Waals surface area contributed by atoms with Crippen molar-refractivity contribution in [1.29, 1.82) is 0 Å². The van der Waals surface area contributed by atoms with Crippen molar-refractivity contribution in [3.63, 3.8) is 0 Å². The molecule has 0 aliphatic carbocycles. The van der Waals surface area contributed by atoms with E-state index in [1.165, 1.54) is 45.4 Å². The van der Waals surface area contributed by atoms with Crippen molar-refractivity contribution >= 4 is 12.4 Å². The van der Waals surface area contributed by atoms with E-state index in [1.807, 2.05) is 0 Å². The summed E-state index contributed by atoms with van der Waals surface area (Å²) >= 11 is 0. The normalized spacial score (nSPS) is 29.8. The van der Waals surface area contributed by atoms with Gasteiger partial charge in [0.25, 0.3) is 0 Å². The topological polar surface area (TPSA) is 41.3 Å². The molecule has 1 spiro atoms. The Bertz CT molecular complexity index is 322.